The first-order valence-electron chi connectivity index (χ1n) is 6.12. The summed E-state index contributed by atoms with van der Waals surface area (Å²) in [5, 5.41) is 23.5. The predicted molar refractivity (Wildman–Crippen MR) is 73.3 cm³/mol. The molecule has 1 aromatic heterocycles. The van der Waals surface area contributed by atoms with Crippen molar-refractivity contribution in [1.82, 2.24) is 9.78 Å². The largest absolute Gasteiger partial charge is 0.366 e. The number of aromatic nitrogens is 2. The number of aliphatic hydroxyl groups excluding tert-OH is 1. The second kappa shape index (κ2) is 5.77. The maximum absolute atomic E-state index is 9.60. The Bertz CT molecular complexity index is 649. The smallest absolute Gasteiger partial charge is 0.174 e. The Morgan fingerprint density at radius 2 is 2.37 bits per heavy atom. The third kappa shape index (κ3) is 2.89. The molecule has 0 saturated heterocycles. The highest BCUT2D eigenvalue weighted by Gasteiger charge is 2.07. The monoisotopic (exact) mass is 259 g/mol. The van der Waals surface area contributed by atoms with E-state index in [1.54, 1.807) is 19.2 Å². The van der Waals surface area contributed by atoms with Gasteiger partial charge in [0, 0.05) is 17.4 Å². The van der Waals surface area contributed by atoms with Crippen LogP contribution in [0, 0.1) is 5.41 Å². The molecule has 1 aromatic carbocycles. The summed E-state index contributed by atoms with van der Waals surface area (Å²) >= 11 is 0. The fraction of sp³-hybridized carbons (Fsp3) is 0.286. The number of rotatable bonds is 5. The molecule has 2 rings (SSSR count). The molecule has 19 heavy (non-hydrogen) atoms. The Morgan fingerprint density at radius 1 is 1.58 bits per heavy atom. The van der Waals surface area contributed by atoms with Crippen molar-refractivity contribution in [3.8, 4) is 0 Å². The molecule has 1 atom stereocenters. The summed E-state index contributed by atoms with van der Waals surface area (Å²) in [6.07, 6.45) is 2.48. The zero-order valence-corrected chi connectivity index (χ0v) is 10.8. The lowest BCUT2D eigenvalue weighted by atomic mass is 10.1. The highest BCUT2D eigenvalue weighted by atomic mass is 16.6. The summed E-state index contributed by atoms with van der Waals surface area (Å²) in [6, 6.07) is 5.69. The molecule has 2 N–H and O–H groups in total. The van der Waals surface area contributed by atoms with E-state index < -0.39 is 6.29 Å². The summed E-state index contributed by atoms with van der Waals surface area (Å²) in [4.78, 5) is 0. The van der Waals surface area contributed by atoms with Crippen LogP contribution >= 0.6 is 0 Å². The summed E-state index contributed by atoms with van der Waals surface area (Å²) in [5.41, 5.74) is 1.24. The van der Waals surface area contributed by atoms with Gasteiger partial charge in [-0.15, -0.1) is 0 Å². The van der Waals surface area contributed by atoms with Gasteiger partial charge >= 0.3 is 0 Å². The molecule has 100 valence electrons. The van der Waals surface area contributed by atoms with Gasteiger partial charge in [0.25, 0.3) is 0 Å². The molecular formula is C14H17N3O2. The number of benzene rings is 1. The molecule has 0 spiro atoms. The Kier molecular flexibility index (Phi) is 4.09. The van der Waals surface area contributed by atoms with Gasteiger partial charge in [0.1, 0.15) is 5.49 Å². The van der Waals surface area contributed by atoms with Gasteiger partial charge in [0.05, 0.1) is 12.7 Å². The predicted octanol–water partition coefficient (Wildman–Crippen LogP) is 1.51. The third-order valence-electron chi connectivity index (χ3n) is 2.85. The number of nitrogens with zero attached hydrogens (tertiary/aromatic N) is 2. The van der Waals surface area contributed by atoms with E-state index in [0.29, 0.717) is 6.61 Å². The zero-order chi connectivity index (χ0) is 13.8. The molecular weight excluding hydrogens is 242 g/mol. The molecule has 0 aliphatic heterocycles. The van der Waals surface area contributed by atoms with E-state index >= 15 is 0 Å². The summed E-state index contributed by atoms with van der Waals surface area (Å²) in [5.74, 6) is 0. The van der Waals surface area contributed by atoms with Crippen LogP contribution in [0.2, 0.25) is 0 Å². The van der Waals surface area contributed by atoms with Crippen molar-refractivity contribution in [2.24, 2.45) is 0 Å². The topological polar surface area (TPSA) is 71.1 Å². The lowest BCUT2D eigenvalue weighted by molar-refractivity contribution is -0.106. The molecule has 0 aliphatic rings. The Morgan fingerprint density at radius 3 is 3.05 bits per heavy atom. The summed E-state index contributed by atoms with van der Waals surface area (Å²) in [7, 11) is 0. The standard InChI is InChI=1S/C14H17N3O2/c1-3-10-5-6-12-11(7-10)8-16-17(14(12)15)9-13(18)19-4-2/h3,5-8,13,15,18H,1,4,9H2,2H3. The van der Waals surface area contributed by atoms with Crippen molar-refractivity contribution in [2.75, 3.05) is 6.61 Å². The second-order valence-corrected chi connectivity index (χ2v) is 4.14. The van der Waals surface area contributed by atoms with E-state index in [9.17, 15) is 5.11 Å². The minimum atomic E-state index is -0.948. The first kappa shape index (κ1) is 13.5. The van der Waals surface area contributed by atoms with Crippen LogP contribution in [0.4, 0.5) is 0 Å². The highest BCUT2D eigenvalue weighted by Crippen LogP contribution is 2.12. The van der Waals surface area contributed by atoms with Crippen LogP contribution in [0.1, 0.15) is 12.5 Å². The van der Waals surface area contributed by atoms with Gasteiger partial charge in [-0.3, -0.25) is 5.41 Å². The van der Waals surface area contributed by atoms with E-state index in [1.165, 1.54) is 4.68 Å². The molecule has 0 saturated carbocycles. The van der Waals surface area contributed by atoms with Gasteiger partial charge in [-0.05, 0) is 24.6 Å². The van der Waals surface area contributed by atoms with Gasteiger partial charge in [-0.2, -0.15) is 5.10 Å². The molecule has 2 aromatic rings. The summed E-state index contributed by atoms with van der Waals surface area (Å²) in [6.45, 7) is 6.09. The Hall–Kier alpha value is -1.98. The quantitative estimate of drug-likeness (QED) is 0.800. The minimum Gasteiger partial charge on any atom is -0.366 e. The van der Waals surface area contributed by atoms with E-state index in [2.05, 4.69) is 11.7 Å². The van der Waals surface area contributed by atoms with Crippen LogP contribution in [0.25, 0.3) is 16.8 Å². The second-order valence-electron chi connectivity index (χ2n) is 4.14. The van der Waals surface area contributed by atoms with Gasteiger partial charge in [-0.25, -0.2) is 4.68 Å². The zero-order valence-electron chi connectivity index (χ0n) is 10.8. The van der Waals surface area contributed by atoms with E-state index in [0.717, 1.165) is 16.3 Å². The van der Waals surface area contributed by atoms with Crippen LogP contribution < -0.4 is 5.49 Å². The van der Waals surface area contributed by atoms with Crippen LogP contribution in [0.5, 0.6) is 0 Å². The lowest BCUT2D eigenvalue weighted by Gasteiger charge is -2.13. The van der Waals surface area contributed by atoms with Crippen molar-refractivity contribution < 1.29 is 9.84 Å². The molecule has 0 amide bonds. The Balaban J connectivity index is 2.40. The van der Waals surface area contributed by atoms with Crippen molar-refractivity contribution >= 4 is 16.8 Å². The Labute approximate surface area is 111 Å². The van der Waals surface area contributed by atoms with Crippen molar-refractivity contribution in [3.05, 3.63) is 42.0 Å². The fourth-order valence-electron chi connectivity index (χ4n) is 1.89. The number of hydrogen-bond acceptors (Lipinski definition) is 4. The van der Waals surface area contributed by atoms with Gasteiger partial charge in [0.15, 0.2) is 6.29 Å². The fourth-order valence-corrected chi connectivity index (χ4v) is 1.89. The van der Waals surface area contributed by atoms with E-state index in [-0.39, 0.29) is 12.0 Å². The lowest BCUT2D eigenvalue weighted by Crippen LogP contribution is -2.30. The molecule has 0 radical (unpaired) electrons. The van der Waals surface area contributed by atoms with Gasteiger partial charge in [0.2, 0.25) is 0 Å². The molecule has 1 heterocycles. The average Bonchev–Trinajstić information content (AvgIpc) is 2.42. The van der Waals surface area contributed by atoms with Crippen LogP contribution in [-0.2, 0) is 11.3 Å². The van der Waals surface area contributed by atoms with Gasteiger partial charge < -0.3 is 9.84 Å². The van der Waals surface area contributed by atoms with E-state index in [4.69, 9.17) is 10.1 Å². The van der Waals surface area contributed by atoms with Crippen LogP contribution in [0.15, 0.2) is 31.0 Å². The maximum atomic E-state index is 9.60. The highest BCUT2D eigenvalue weighted by molar-refractivity contribution is 5.82. The molecule has 5 nitrogen and oxygen atoms in total. The normalized spacial score (nSPS) is 12.5. The molecule has 5 heteroatoms. The number of fused-ring (bicyclic) bond motifs is 1. The first-order valence-corrected chi connectivity index (χ1v) is 6.12. The van der Waals surface area contributed by atoms with Crippen LogP contribution in [0.3, 0.4) is 0 Å². The average molecular weight is 259 g/mol. The van der Waals surface area contributed by atoms with E-state index in [1.807, 2.05) is 18.2 Å². The minimum absolute atomic E-state index is 0.145. The van der Waals surface area contributed by atoms with Gasteiger partial charge in [-0.1, -0.05) is 18.7 Å². The molecule has 0 fully saturated rings. The molecule has 0 aliphatic carbocycles. The van der Waals surface area contributed by atoms with Crippen molar-refractivity contribution in [2.45, 2.75) is 19.8 Å². The van der Waals surface area contributed by atoms with Crippen molar-refractivity contribution in [3.63, 3.8) is 0 Å². The number of ether oxygens (including phenoxy) is 1. The SMILES string of the molecule is C=Cc1ccc2c(=N)n(CC(O)OCC)ncc2c1. The van der Waals surface area contributed by atoms with Crippen molar-refractivity contribution in [1.29, 1.82) is 5.41 Å². The summed E-state index contributed by atoms with van der Waals surface area (Å²) < 4.78 is 6.47. The number of hydrogen-bond donors (Lipinski definition) is 2. The van der Waals surface area contributed by atoms with Crippen LogP contribution in [-0.4, -0.2) is 27.8 Å². The molecule has 0 bridgehead atoms. The maximum Gasteiger partial charge on any atom is 0.174 e. The number of nitrogens with one attached hydrogen (secondary N) is 1. The first-order chi connectivity index (χ1) is 9.15. The third-order valence-corrected chi connectivity index (χ3v) is 2.85. The molecule has 1 unspecified atom stereocenters. The number of aliphatic hydroxyl groups is 1.